The number of benzene rings is 1. The highest BCUT2D eigenvalue weighted by molar-refractivity contribution is 7.89. The van der Waals surface area contributed by atoms with Crippen LogP contribution in [0.3, 0.4) is 0 Å². The maximum absolute atomic E-state index is 11.2. The summed E-state index contributed by atoms with van der Waals surface area (Å²) in [7, 11) is -3.77. The molecule has 0 aliphatic carbocycles. The predicted octanol–water partition coefficient (Wildman–Crippen LogP) is 0.507. The number of hydrogen-bond donors (Lipinski definition) is 3. The van der Waals surface area contributed by atoms with Crippen molar-refractivity contribution < 1.29 is 13.2 Å². The fraction of sp³-hybridized carbons (Fsp3) is 0.455. The van der Waals surface area contributed by atoms with Crippen molar-refractivity contribution in [1.82, 2.24) is 0 Å². The van der Waals surface area contributed by atoms with Gasteiger partial charge in [0.25, 0.3) is 0 Å². The molecule has 1 fully saturated rings. The summed E-state index contributed by atoms with van der Waals surface area (Å²) >= 11 is 0. The highest BCUT2D eigenvalue weighted by Crippen LogP contribution is 2.27. The Morgan fingerprint density at radius 2 is 2.17 bits per heavy atom. The topological polar surface area (TPSA) is 107 Å². The van der Waals surface area contributed by atoms with Gasteiger partial charge in [-0.3, -0.25) is 0 Å². The van der Waals surface area contributed by atoms with Gasteiger partial charge in [-0.15, -0.1) is 0 Å². The maximum Gasteiger partial charge on any atom is 0.240 e. The first-order valence-corrected chi connectivity index (χ1v) is 7.13. The molecule has 7 heteroatoms. The van der Waals surface area contributed by atoms with Crippen LogP contribution in [0.25, 0.3) is 0 Å². The Balaban J connectivity index is 2.24. The van der Waals surface area contributed by atoms with Crippen LogP contribution in [0, 0.1) is 0 Å². The average Bonchev–Trinajstić information content (AvgIpc) is 2.62. The molecule has 0 spiro atoms. The third-order valence-electron chi connectivity index (χ3n) is 2.98. The molecule has 5 N–H and O–H groups in total. The van der Waals surface area contributed by atoms with Crippen LogP contribution in [0.5, 0.6) is 0 Å². The number of sulfonamides is 1. The number of primary sulfonamides is 1. The van der Waals surface area contributed by atoms with Crippen molar-refractivity contribution in [2.45, 2.75) is 23.8 Å². The van der Waals surface area contributed by atoms with Crippen LogP contribution in [0.2, 0.25) is 0 Å². The van der Waals surface area contributed by atoms with E-state index in [4.69, 9.17) is 15.6 Å². The van der Waals surface area contributed by atoms with Gasteiger partial charge in [-0.1, -0.05) is 0 Å². The summed E-state index contributed by atoms with van der Waals surface area (Å²) in [6.07, 6.45) is 0.893. The smallest absolute Gasteiger partial charge is 0.240 e. The highest BCUT2D eigenvalue weighted by atomic mass is 32.2. The second kappa shape index (κ2) is 4.42. The lowest BCUT2D eigenvalue weighted by atomic mass is 10.0. The van der Waals surface area contributed by atoms with Crippen molar-refractivity contribution in [3.05, 3.63) is 18.2 Å². The lowest BCUT2D eigenvalue weighted by Crippen LogP contribution is -2.34. The monoisotopic (exact) mass is 271 g/mol. The van der Waals surface area contributed by atoms with Gasteiger partial charge in [0.1, 0.15) is 4.90 Å². The number of hydrogen-bond acceptors (Lipinski definition) is 5. The summed E-state index contributed by atoms with van der Waals surface area (Å²) in [6.45, 7) is 3.38. The number of nitrogen functional groups attached to an aromatic ring is 1. The first kappa shape index (κ1) is 13.1. The molecule has 0 radical (unpaired) electrons. The SMILES string of the molecule is CC1(Nc2ccc(S(N)(=O)=O)c(N)c2)CCOC1. The minimum Gasteiger partial charge on any atom is -0.398 e. The van der Waals surface area contributed by atoms with E-state index in [2.05, 4.69) is 5.32 Å². The van der Waals surface area contributed by atoms with E-state index in [1.807, 2.05) is 6.92 Å². The molecule has 0 saturated carbocycles. The first-order chi connectivity index (χ1) is 8.30. The lowest BCUT2D eigenvalue weighted by Gasteiger charge is -2.25. The van der Waals surface area contributed by atoms with Gasteiger partial charge in [-0.25, -0.2) is 13.6 Å². The van der Waals surface area contributed by atoms with Crippen molar-refractivity contribution in [3.8, 4) is 0 Å². The number of nitrogens with two attached hydrogens (primary N) is 2. The Bertz CT molecular complexity index is 551. The van der Waals surface area contributed by atoms with Crippen molar-refractivity contribution in [3.63, 3.8) is 0 Å². The lowest BCUT2D eigenvalue weighted by molar-refractivity contribution is 0.185. The summed E-state index contributed by atoms with van der Waals surface area (Å²) in [6, 6.07) is 4.63. The molecule has 6 nitrogen and oxygen atoms in total. The quantitative estimate of drug-likeness (QED) is 0.694. The van der Waals surface area contributed by atoms with E-state index >= 15 is 0 Å². The van der Waals surface area contributed by atoms with Crippen LogP contribution in [0.4, 0.5) is 11.4 Å². The molecule has 0 amide bonds. The molecule has 1 heterocycles. The molecule has 1 atom stereocenters. The van der Waals surface area contributed by atoms with E-state index in [1.165, 1.54) is 6.07 Å². The molecule has 1 unspecified atom stereocenters. The third kappa shape index (κ3) is 2.74. The Morgan fingerprint density at radius 3 is 2.67 bits per heavy atom. The van der Waals surface area contributed by atoms with Crippen molar-refractivity contribution in [2.24, 2.45) is 5.14 Å². The number of ether oxygens (including phenoxy) is 1. The highest BCUT2D eigenvalue weighted by Gasteiger charge is 2.29. The minimum absolute atomic E-state index is 0.0547. The molecular formula is C11H17N3O3S. The van der Waals surface area contributed by atoms with Gasteiger partial charge in [0.05, 0.1) is 17.8 Å². The van der Waals surface area contributed by atoms with Gasteiger partial charge in [0.15, 0.2) is 0 Å². The van der Waals surface area contributed by atoms with E-state index in [9.17, 15) is 8.42 Å². The second-order valence-electron chi connectivity index (χ2n) is 4.79. The van der Waals surface area contributed by atoms with Gasteiger partial charge in [0, 0.05) is 12.3 Å². The Kier molecular flexibility index (Phi) is 3.22. The third-order valence-corrected chi connectivity index (χ3v) is 3.97. The zero-order valence-electron chi connectivity index (χ0n) is 10.1. The fourth-order valence-corrected chi connectivity index (χ4v) is 2.64. The fourth-order valence-electron chi connectivity index (χ4n) is 2.00. The molecule has 2 rings (SSSR count). The normalized spacial score (nSPS) is 24.1. The number of rotatable bonds is 3. The summed E-state index contributed by atoms with van der Waals surface area (Å²) in [4.78, 5) is -0.0547. The van der Waals surface area contributed by atoms with Crippen LogP contribution in [-0.4, -0.2) is 27.2 Å². The Morgan fingerprint density at radius 1 is 1.44 bits per heavy atom. The van der Waals surface area contributed by atoms with Crippen molar-refractivity contribution in [2.75, 3.05) is 24.3 Å². The van der Waals surface area contributed by atoms with Crippen molar-refractivity contribution in [1.29, 1.82) is 0 Å². The van der Waals surface area contributed by atoms with Gasteiger partial charge < -0.3 is 15.8 Å². The summed E-state index contributed by atoms with van der Waals surface area (Å²) < 4.78 is 27.8. The van der Waals surface area contributed by atoms with Crippen LogP contribution < -0.4 is 16.2 Å². The van der Waals surface area contributed by atoms with Crippen LogP contribution in [0.1, 0.15) is 13.3 Å². The van der Waals surface area contributed by atoms with E-state index in [0.29, 0.717) is 13.2 Å². The summed E-state index contributed by atoms with van der Waals surface area (Å²) in [5.41, 5.74) is 6.45. The van der Waals surface area contributed by atoms with Crippen LogP contribution in [-0.2, 0) is 14.8 Å². The standard InChI is InChI=1S/C11H17N3O3S/c1-11(4-5-17-7-11)14-8-2-3-10(9(12)6-8)18(13,15)16/h2-3,6,14H,4-5,7,12H2,1H3,(H2,13,15,16). The van der Waals surface area contributed by atoms with Gasteiger partial charge in [0.2, 0.25) is 10.0 Å². The molecule has 0 bridgehead atoms. The number of anilines is 2. The average molecular weight is 271 g/mol. The van der Waals surface area contributed by atoms with Crippen molar-refractivity contribution >= 4 is 21.4 Å². The van der Waals surface area contributed by atoms with Crippen LogP contribution >= 0.6 is 0 Å². The maximum atomic E-state index is 11.2. The molecule has 1 aromatic rings. The molecular weight excluding hydrogens is 254 g/mol. The molecule has 18 heavy (non-hydrogen) atoms. The second-order valence-corrected chi connectivity index (χ2v) is 6.32. The van der Waals surface area contributed by atoms with E-state index in [-0.39, 0.29) is 16.1 Å². The summed E-state index contributed by atoms with van der Waals surface area (Å²) in [5, 5.41) is 8.35. The van der Waals surface area contributed by atoms with Crippen LogP contribution in [0.15, 0.2) is 23.1 Å². The minimum atomic E-state index is -3.77. The molecule has 1 aliphatic heterocycles. The van der Waals surface area contributed by atoms with Gasteiger partial charge >= 0.3 is 0 Å². The molecule has 1 aromatic carbocycles. The molecule has 100 valence electrons. The predicted molar refractivity (Wildman–Crippen MR) is 69.7 cm³/mol. The van der Waals surface area contributed by atoms with E-state index in [0.717, 1.165) is 12.1 Å². The summed E-state index contributed by atoms with van der Waals surface area (Å²) in [5.74, 6) is 0. The number of nitrogens with one attached hydrogen (secondary N) is 1. The Hall–Kier alpha value is -1.31. The zero-order valence-corrected chi connectivity index (χ0v) is 11.0. The molecule has 1 saturated heterocycles. The largest absolute Gasteiger partial charge is 0.398 e. The van der Waals surface area contributed by atoms with E-state index < -0.39 is 10.0 Å². The Labute approximate surface area is 106 Å². The zero-order chi connectivity index (χ0) is 13.4. The molecule has 1 aliphatic rings. The first-order valence-electron chi connectivity index (χ1n) is 5.58. The van der Waals surface area contributed by atoms with Gasteiger partial charge in [-0.2, -0.15) is 0 Å². The van der Waals surface area contributed by atoms with Gasteiger partial charge in [-0.05, 0) is 31.5 Å². The molecule has 0 aromatic heterocycles. The van der Waals surface area contributed by atoms with E-state index in [1.54, 1.807) is 12.1 Å².